The number of hydrogen-bond donors (Lipinski definition) is 1. The molecule has 3 aromatic rings. The average molecular weight is 456 g/mol. The van der Waals surface area contributed by atoms with Crippen LogP contribution in [0.15, 0.2) is 78.9 Å². The Labute approximate surface area is 202 Å². The number of carbonyl (C=O) groups is 1. The number of likely N-dealkylation sites (tertiary alicyclic amines) is 1. The Hall–Kier alpha value is -3.11. The van der Waals surface area contributed by atoms with Crippen LogP contribution in [0.25, 0.3) is 0 Å². The number of nitrogens with zero attached hydrogens (tertiary/aromatic N) is 1. The van der Waals surface area contributed by atoms with Crippen molar-refractivity contribution >= 4 is 5.91 Å². The molecule has 1 saturated heterocycles. The first-order valence-corrected chi connectivity index (χ1v) is 12.6. The number of aliphatic hydroxyl groups is 1. The summed E-state index contributed by atoms with van der Waals surface area (Å²) in [6, 6.07) is 27.5. The summed E-state index contributed by atoms with van der Waals surface area (Å²) in [5.41, 5.74) is 4.23. The third kappa shape index (κ3) is 4.23. The van der Waals surface area contributed by atoms with E-state index in [-0.39, 0.29) is 11.8 Å². The predicted octanol–water partition coefficient (Wildman–Crippen LogP) is 4.47. The molecular weight excluding hydrogens is 420 g/mol. The summed E-state index contributed by atoms with van der Waals surface area (Å²) in [5, 5.41) is 3.03. The third-order valence-electron chi connectivity index (χ3n) is 7.69. The molecule has 0 bridgehead atoms. The van der Waals surface area contributed by atoms with Gasteiger partial charge in [-0.15, -0.1) is 0 Å². The maximum atomic E-state index is 13.8. The van der Waals surface area contributed by atoms with Crippen molar-refractivity contribution in [2.75, 3.05) is 33.3 Å². The Balaban J connectivity index is 1.43. The number of likely N-dealkylation sites (N-methyl/N-ethyl adjacent to an activating group) is 1. The fourth-order valence-electron chi connectivity index (χ4n) is 6.03. The quantitative estimate of drug-likeness (QED) is 0.534. The van der Waals surface area contributed by atoms with Crippen molar-refractivity contribution in [3.8, 4) is 5.75 Å². The number of carbonyl (C=O) groups excluding carboxylic acids is 1. The van der Waals surface area contributed by atoms with Crippen molar-refractivity contribution in [2.45, 2.75) is 31.1 Å². The number of aromatic hydroxyl groups is 1. The Morgan fingerprint density at radius 1 is 1.03 bits per heavy atom. The Morgan fingerprint density at radius 3 is 2.41 bits per heavy atom. The van der Waals surface area contributed by atoms with Crippen LogP contribution in [-0.4, -0.2) is 48.8 Å². The van der Waals surface area contributed by atoms with Crippen LogP contribution in [0.5, 0.6) is 5.75 Å². The van der Waals surface area contributed by atoms with E-state index in [0.29, 0.717) is 0 Å². The van der Waals surface area contributed by atoms with Crippen LogP contribution < -0.4 is 5.32 Å². The van der Waals surface area contributed by atoms with Gasteiger partial charge in [0.1, 0.15) is 5.41 Å². The van der Waals surface area contributed by atoms with E-state index in [0.717, 1.165) is 63.1 Å². The zero-order valence-corrected chi connectivity index (χ0v) is 20.0. The van der Waals surface area contributed by atoms with Gasteiger partial charge in [-0.1, -0.05) is 60.7 Å². The lowest BCUT2D eigenvalue weighted by atomic mass is 9.62. The monoisotopic (exact) mass is 455 g/mol. The van der Waals surface area contributed by atoms with Crippen molar-refractivity contribution in [1.29, 1.82) is 0 Å². The van der Waals surface area contributed by atoms with Gasteiger partial charge in [0.15, 0.2) is 6.61 Å². The molecule has 34 heavy (non-hydrogen) atoms. The molecule has 2 aliphatic heterocycles. The van der Waals surface area contributed by atoms with Gasteiger partial charge in [-0.2, -0.15) is 0 Å². The normalized spacial score (nSPS) is 18.2. The lowest BCUT2D eigenvalue weighted by Gasteiger charge is -2.45. The first kappa shape index (κ1) is 22.7. The fourth-order valence-corrected chi connectivity index (χ4v) is 6.03. The van der Waals surface area contributed by atoms with Crippen molar-refractivity contribution in [3.05, 3.63) is 101 Å². The molecule has 0 radical (unpaired) electrons. The molecule has 5 rings (SSSR count). The molecule has 0 spiro atoms. The maximum absolute atomic E-state index is 13.8. The number of rotatable bonds is 7. The van der Waals surface area contributed by atoms with Gasteiger partial charge in [-0.3, -0.25) is 4.79 Å². The molecular formula is C30H35N2O2+. The lowest BCUT2D eigenvalue weighted by Crippen LogP contribution is -2.54. The number of hydrogen-bond acceptors (Lipinski definition) is 2. The Bertz CT molecular complexity index is 1070. The van der Waals surface area contributed by atoms with Crippen LogP contribution in [0.4, 0.5) is 0 Å². The topological polar surface area (TPSA) is 45.1 Å². The number of fused-ring (bicyclic) bond motifs is 1. The molecule has 2 aliphatic rings. The van der Waals surface area contributed by atoms with Gasteiger partial charge in [0.2, 0.25) is 5.91 Å². The standard InChI is InChI=1S/C30H34N2O2/c1-31-29(33)30(25-9-4-2-5-10-25,26-11-6-3-7-12-26)27-13-8-18-32(22-27)19-16-23-14-15-28-24(21-23)17-20-34-28/h2-7,9-12,14-15,21,27H,8,13,16-20,22H2,1H3,(H,31,33)/p+1/t27-/m0/s1. The zero-order valence-electron chi connectivity index (χ0n) is 20.0. The number of piperidine rings is 1. The summed E-state index contributed by atoms with van der Waals surface area (Å²) in [6.07, 6.45) is 4.24. The molecule has 4 heteroatoms. The highest BCUT2D eigenvalue weighted by molar-refractivity contribution is 5.92. The molecule has 1 amide bonds. The van der Waals surface area contributed by atoms with Crippen LogP contribution in [0, 0.1) is 5.92 Å². The Kier molecular flexibility index (Phi) is 6.68. The van der Waals surface area contributed by atoms with Gasteiger partial charge >= 0.3 is 0 Å². The van der Waals surface area contributed by atoms with Crippen molar-refractivity contribution in [1.82, 2.24) is 10.2 Å². The minimum absolute atomic E-state index is 0.0825. The van der Waals surface area contributed by atoms with E-state index in [2.05, 4.69) is 81.7 Å². The first-order chi connectivity index (χ1) is 16.7. The van der Waals surface area contributed by atoms with E-state index in [9.17, 15) is 4.79 Å². The molecule has 1 atom stereocenters. The summed E-state index contributed by atoms with van der Waals surface area (Å²) in [6.45, 7) is 3.94. The van der Waals surface area contributed by atoms with Gasteiger partial charge in [0.25, 0.3) is 5.75 Å². The summed E-state index contributed by atoms with van der Waals surface area (Å²) >= 11 is 0. The molecule has 4 nitrogen and oxygen atoms in total. The van der Waals surface area contributed by atoms with Crippen LogP contribution in [-0.2, 0) is 23.1 Å². The summed E-state index contributed by atoms with van der Waals surface area (Å²) in [4.78, 5) is 16.4. The van der Waals surface area contributed by atoms with E-state index >= 15 is 0 Å². The average Bonchev–Trinajstić information content (AvgIpc) is 3.37. The second-order valence-corrected chi connectivity index (χ2v) is 9.60. The molecule has 176 valence electrons. The molecule has 0 saturated carbocycles. The van der Waals surface area contributed by atoms with Crippen LogP contribution >= 0.6 is 0 Å². The highest BCUT2D eigenvalue weighted by Crippen LogP contribution is 2.43. The molecule has 3 aromatic carbocycles. The minimum Gasteiger partial charge on any atom is -0.582 e. The molecule has 0 unspecified atom stereocenters. The van der Waals surface area contributed by atoms with Gasteiger partial charge in [-0.25, -0.2) is 0 Å². The molecule has 0 aromatic heterocycles. The highest BCUT2D eigenvalue weighted by atomic mass is 16.5. The maximum Gasteiger partial charge on any atom is 0.258 e. The number of nitrogens with one attached hydrogen (secondary N) is 1. The van der Waals surface area contributed by atoms with Gasteiger partial charge in [0, 0.05) is 26.2 Å². The van der Waals surface area contributed by atoms with Crippen molar-refractivity contribution in [3.63, 3.8) is 0 Å². The predicted molar refractivity (Wildman–Crippen MR) is 137 cm³/mol. The Morgan fingerprint density at radius 2 is 1.74 bits per heavy atom. The molecule has 1 fully saturated rings. The second-order valence-electron chi connectivity index (χ2n) is 9.60. The summed E-state index contributed by atoms with van der Waals surface area (Å²) in [7, 11) is 1.77. The van der Waals surface area contributed by atoms with Crippen LogP contribution in [0.3, 0.4) is 0 Å². The lowest BCUT2D eigenvalue weighted by molar-refractivity contribution is -0.127. The van der Waals surface area contributed by atoms with Crippen LogP contribution in [0.1, 0.15) is 35.1 Å². The number of ether oxygens (including phenoxy) is 1. The van der Waals surface area contributed by atoms with E-state index in [4.69, 9.17) is 0 Å². The fraction of sp³-hybridized carbons (Fsp3) is 0.367. The smallest absolute Gasteiger partial charge is 0.258 e. The minimum atomic E-state index is -0.703. The largest absolute Gasteiger partial charge is 0.582 e. The van der Waals surface area contributed by atoms with Crippen LogP contribution in [0.2, 0.25) is 0 Å². The van der Waals surface area contributed by atoms with E-state index < -0.39 is 5.41 Å². The summed E-state index contributed by atoms with van der Waals surface area (Å²) in [5.74, 6) is 1.45. The molecule has 2 N–H and O–H groups in total. The van der Waals surface area contributed by atoms with E-state index in [1.165, 1.54) is 16.9 Å². The SMILES string of the molecule is CNC(=O)C(c1ccccc1)(c1ccccc1)[C@H]1CCCN(CCc2ccc3c(c2)CC[OH+]3)C1. The molecule has 2 heterocycles. The third-order valence-corrected chi connectivity index (χ3v) is 7.69. The van der Waals surface area contributed by atoms with Crippen molar-refractivity contribution < 1.29 is 9.53 Å². The van der Waals surface area contributed by atoms with Gasteiger partial charge in [-0.05, 0) is 60.5 Å². The van der Waals surface area contributed by atoms with Crippen molar-refractivity contribution in [2.24, 2.45) is 5.92 Å². The van der Waals surface area contributed by atoms with Gasteiger partial charge in [0.05, 0.1) is 12.0 Å². The second kappa shape index (κ2) is 10.0. The van der Waals surface area contributed by atoms with E-state index in [1.54, 1.807) is 7.05 Å². The summed E-state index contributed by atoms with van der Waals surface area (Å²) < 4.78 is 4.56. The van der Waals surface area contributed by atoms with E-state index in [1.807, 2.05) is 12.1 Å². The number of benzene rings is 3. The first-order valence-electron chi connectivity index (χ1n) is 12.6. The number of amides is 1. The van der Waals surface area contributed by atoms with Gasteiger partial charge < -0.3 is 15.0 Å². The zero-order chi connectivity index (χ0) is 23.4. The highest BCUT2D eigenvalue weighted by Gasteiger charge is 2.49. The molecule has 0 aliphatic carbocycles.